The molecule has 3 aromatic rings. The molecule has 0 bridgehead atoms. The Morgan fingerprint density at radius 1 is 1.04 bits per heavy atom. The molecular formula is C16H12FN3O3S. The molecule has 24 heavy (non-hydrogen) atoms. The van der Waals surface area contributed by atoms with Crippen LogP contribution in [-0.2, 0) is 10.0 Å². The first-order valence-electron chi connectivity index (χ1n) is 6.86. The number of sulfonamides is 1. The minimum atomic E-state index is -4.04. The second kappa shape index (κ2) is 6.63. The Bertz CT molecular complexity index is 950. The molecule has 0 atom stereocenters. The third-order valence-electron chi connectivity index (χ3n) is 2.97. The standard InChI is InChI=1S/C16H12FN3O3S/c17-14-6-1-2-7-15(14)24(21,22)20-12-4-3-5-13(10-12)23-16-11-18-8-9-19-16/h1-11,20H. The fraction of sp³-hybridized carbons (Fsp3) is 0. The number of nitrogens with zero attached hydrogens (tertiary/aromatic N) is 2. The first-order chi connectivity index (χ1) is 11.5. The summed E-state index contributed by atoms with van der Waals surface area (Å²) in [4.78, 5) is 7.41. The molecular weight excluding hydrogens is 333 g/mol. The van der Waals surface area contributed by atoms with Gasteiger partial charge in [0.15, 0.2) is 0 Å². The zero-order valence-electron chi connectivity index (χ0n) is 12.3. The van der Waals surface area contributed by atoms with Crippen molar-refractivity contribution in [2.45, 2.75) is 4.90 Å². The van der Waals surface area contributed by atoms with E-state index in [1.54, 1.807) is 12.1 Å². The maximum absolute atomic E-state index is 13.7. The molecule has 0 aliphatic heterocycles. The summed E-state index contributed by atoms with van der Waals surface area (Å²) in [5.74, 6) is -0.187. The third-order valence-corrected chi connectivity index (χ3v) is 4.39. The van der Waals surface area contributed by atoms with Crippen LogP contribution in [0.15, 0.2) is 72.0 Å². The lowest BCUT2D eigenvalue weighted by Crippen LogP contribution is -2.14. The molecule has 0 unspecified atom stereocenters. The Kier molecular flexibility index (Phi) is 4.39. The highest BCUT2D eigenvalue weighted by molar-refractivity contribution is 7.92. The van der Waals surface area contributed by atoms with E-state index in [0.717, 1.165) is 6.07 Å². The number of hydrogen-bond acceptors (Lipinski definition) is 5. The molecule has 6 nitrogen and oxygen atoms in total. The van der Waals surface area contributed by atoms with Crippen molar-refractivity contribution in [2.75, 3.05) is 4.72 Å². The van der Waals surface area contributed by atoms with Crippen LogP contribution in [0.3, 0.4) is 0 Å². The van der Waals surface area contributed by atoms with Gasteiger partial charge >= 0.3 is 0 Å². The quantitative estimate of drug-likeness (QED) is 0.768. The maximum Gasteiger partial charge on any atom is 0.264 e. The lowest BCUT2D eigenvalue weighted by atomic mass is 10.3. The SMILES string of the molecule is O=S(=O)(Nc1cccc(Oc2cnccn2)c1)c1ccccc1F. The predicted octanol–water partition coefficient (Wildman–Crippen LogP) is 3.21. The summed E-state index contributed by atoms with van der Waals surface area (Å²) in [7, 11) is -4.04. The first-order valence-corrected chi connectivity index (χ1v) is 8.34. The average molecular weight is 345 g/mol. The van der Waals surface area contributed by atoms with E-state index in [4.69, 9.17) is 4.74 Å². The number of aromatic nitrogens is 2. The van der Waals surface area contributed by atoms with Gasteiger partial charge in [-0.2, -0.15) is 0 Å². The van der Waals surface area contributed by atoms with Gasteiger partial charge in [0, 0.05) is 18.5 Å². The van der Waals surface area contributed by atoms with E-state index in [0.29, 0.717) is 5.75 Å². The lowest BCUT2D eigenvalue weighted by molar-refractivity contribution is 0.460. The Labute approximate surface area is 138 Å². The van der Waals surface area contributed by atoms with E-state index in [9.17, 15) is 12.8 Å². The summed E-state index contributed by atoms with van der Waals surface area (Å²) < 4.78 is 46.0. The summed E-state index contributed by atoms with van der Waals surface area (Å²) in [5.41, 5.74) is 0.236. The normalized spacial score (nSPS) is 11.0. The van der Waals surface area contributed by atoms with Gasteiger partial charge in [-0.25, -0.2) is 17.8 Å². The Morgan fingerprint density at radius 3 is 2.62 bits per heavy atom. The molecule has 122 valence electrons. The third kappa shape index (κ3) is 3.66. The summed E-state index contributed by atoms with van der Waals surface area (Å²) in [6, 6.07) is 11.4. The van der Waals surface area contributed by atoms with Crippen LogP contribution >= 0.6 is 0 Å². The van der Waals surface area contributed by atoms with Gasteiger partial charge in [-0.05, 0) is 24.3 Å². The number of benzene rings is 2. The molecule has 1 heterocycles. The number of anilines is 1. The van der Waals surface area contributed by atoms with Crippen LogP contribution in [0.2, 0.25) is 0 Å². The van der Waals surface area contributed by atoms with Crippen molar-refractivity contribution in [3.05, 3.63) is 72.9 Å². The average Bonchev–Trinajstić information content (AvgIpc) is 2.56. The minimum Gasteiger partial charge on any atom is -0.437 e. The van der Waals surface area contributed by atoms with E-state index in [-0.39, 0.29) is 11.6 Å². The number of hydrogen-bond donors (Lipinski definition) is 1. The number of rotatable bonds is 5. The highest BCUT2D eigenvalue weighted by Crippen LogP contribution is 2.24. The number of halogens is 1. The van der Waals surface area contributed by atoms with E-state index in [2.05, 4.69) is 14.7 Å². The summed E-state index contributed by atoms with van der Waals surface area (Å²) in [6.07, 6.45) is 4.40. The zero-order chi connectivity index (χ0) is 17.0. The highest BCUT2D eigenvalue weighted by atomic mass is 32.2. The van der Waals surface area contributed by atoms with Crippen molar-refractivity contribution in [3.63, 3.8) is 0 Å². The zero-order valence-corrected chi connectivity index (χ0v) is 13.1. The van der Waals surface area contributed by atoms with Gasteiger partial charge in [-0.3, -0.25) is 9.71 Å². The van der Waals surface area contributed by atoms with Gasteiger partial charge < -0.3 is 4.74 Å². The monoisotopic (exact) mass is 345 g/mol. The van der Waals surface area contributed by atoms with Gasteiger partial charge in [0.25, 0.3) is 10.0 Å². The van der Waals surface area contributed by atoms with Crippen molar-refractivity contribution in [1.82, 2.24) is 9.97 Å². The topological polar surface area (TPSA) is 81.2 Å². The van der Waals surface area contributed by atoms with Crippen molar-refractivity contribution < 1.29 is 17.5 Å². The van der Waals surface area contributed by atoms with Gasteiger partial charge in [-0.1, -0.05) is 18.2 Å². The van der Waals surface area contributed by atoms with Crippen molar-refractivity contribution in [2.24, 2.45) is 0 Å². The Balaban J connectivity index is 1.83. The van der Waals surface area contributed by atoms with E-state index in [1.165, 1.54) is 48.9 Å². The summed E-state index contributed by atoms with van der Waals surface area (Å²) >= 11 is 0. The van der Waals surface area contributed by atoms with E-state index in [1.807, 2.05) is 0 Å². The van der Waals surface area contributed by atoms with Crippen LogP contribution in [0, 0.1) is 5.82 Å². The Hall–Kier alpha value is -3.00. The fourth-order valence-corrected chi connectivity index (χ4v) is 3.08. The van der Waals surface area contributed by atoms with Crippen LogP contribution in [0.4, 0.5) is 10.1 Å². The van der Waals surface area contributed by atoms with Gasteiger partial charge in [0.2, 0.25) is 5.88 Å². The molecule has 0 aliphatic rings. The minimum absolute atomic E-state index is 0.236. The van der Waals surface area contributed by atoms with Crippen LogP contribution < -0.4 is 9.46 Å². The second-order valence-corrected chi connectivity index (χ2v) is 6.36. The van der Waals surface area contributed by atoms with Gasteiger partial charge in [0.05, 0.1) is 11.9 Å². The molecule has 0 spiro atoms. The van der Waals surface area contributed by atoms with E-state index < -0.39 is 20.7 Å². The largest absolute Gasteiger partial charge is 0.437 e. The molecule has 0 radical (unpaired) electrons. The molecule has 0 fully saturated rings. The number of nitrogens with one attached hydrogen (secondary N) is 1. The fourth-order valence-electron chi connectivity index (χ4n) is 1.95. The smallest absolute Gasteiger partial charge is 0.264 e. The molecule has 3 rings (SSSR count). The number of ether oxygens (including phenoxy) is 1. The first kappa shape index (κ1) is 15.9. The molecule has 1 N–H and O–H groups in total. The van der Waals surface area contributed by atoms with Gasteiger partial charge in [-0.15, -0.1) is 0 Å². The molecule has 2 aromatic carbocycles. The molecule has 0 saturated carbocycles. The molecule has 0 saturated heterocycles. The van der Waals surface area contributed by atoms with Crippen LogP contribution in [-0.4, -0.2) is 18.4 Å². The maximum atomic E-state index is 13.7. The van der Waals surface area contributed by atoms with E-state index >= 15 is 0 Å². The van der Waals surface area contributed by atoms with Crippen LogP contribution in [0.1, 0.15) is 0 Å². The molecule has 8 heteroatoms. The lowest BCUT2D eigenvalue weighted by Gasteiger charge is -2.10. The second-order valence-electron chi connectivity index (χ2n) is 4.71. The summed E-state index contributed by atoms with van der Waals surface area (Å²) in [6.45, 7) is 0. The summed E-state index contributed by atoms with van der Waals surface area (Å²) in [5, 5.41) is 0. The van der Waals surface area contributed by atoms with Crippen molar-refractivity contribution in [3.8, 4) is 11.6 Å². The Morgan fingerprint density at radius 2 is 1.88 bits per heavy atom. The highest BCUT2D eigenvalue weighted by Gasteiger charge is 2.18. The van der Waals surface area contributed by atoms with Crippen LogP contribution in [0.25, 0.3) is 0 Å². The molecule has 0 aliphatic carbocycles. The van der Waals surface area contributed by atoms with Crippen molar-refractivity contribution >= 4 is 15.7 Å². The van der Waals surface area contributed by atoms with Crippen LogP contribution in [0.5, 0.6) is 11.6 Å². The predicted molar refractivity (Wildman–Crippen MR) is 85.8 cm³/mol. The molecule has 0 amide bonds. The van der Waals surface area contributed by atoms with Gasteiger partial charge in [0.1, 0.15) is 16.5 Å². The van der Waals surface area contributed by atoms with Crippen molar-refractivity contribution in [1.29, 1.82) is 0 Å². The molecule has 1 aromatic heterocycles.